The zero-order chi connectivity index (χ0) is 22.1. The second kappa shape index (κ2) is 8.37. The largest absolute Gasteiger partial charge is 0.495 e. The highest BCUT2D eigenvalue weighted by molar-refractivity contribution is 5.70. The number of aryl methyl sites for hydroxylation is 2. The van der Waals surface area contributed by atoms with Crippen LogP contribution in [-0.2, 0) is 0 Å². The first-order chi connectivity index (χ1) is 15.6. The molecule has 8 heteroatoms. The van der Waals surface area contributed by atoms with Crippen molar-refractivity contribution < 1.29 is 14.0 Å². The van der Waals surface area contributed by atoms with Crippen molar-refractivity contribution in [1.29, 1.82) is 0 Å². The summed E-state index contributed by atoms with van der Waals surface area (Å²) in [6, 6.07) is 11.9. The Morgan fingerprint density at radius 3 is 2.47 bits per heavy atom. The van der Waals surface area contributed by atoms with Crippen molar-refractivity contribution in [1.82, 2.24) is 25.1 Å². The smallest absolute Gasteiger partial charge is 0.224 e. The molecule has 1 unspecified atom stereocenters. The van der Waals surface area contributed by atoms with Gasteiger partial charge in [0.25, 0.3) is 0 Å². The summed E-state index contributed by atoms with van der Waals surface area (Å²) in [6.07, 6.45) is 4.62. The molecule has 0 bridgehead atoms. The van der Waals surface area contributed by atoms with Crippen LogP contribution in [0.2, 0.25) is 0 Å². The summed E-state index contributed by atoms with van der Waals surface area (Å²) < 4.78 is 16.4. The zero-order valence-electron chi connectivity index (χ0n) is 18.1. The Morgan fingerprint density at radius 1 is 0.969 bits per heavy atom. The Labute approximate surface area is 185 Å². The van der Waals surface area contributed by atoms with Crippen molar-refractivity contribution in [3.63, 3.8) is 0 Å². The van der Waals surface area contributed by atoms with E-state index in [4.69, 9.17) is 14.0 Å². The molecular weight excluding hydrogens is 406 g/mol. The number of aromatic nitrogens is 5. The highest BCUT2D eigenvalue weighted by Crippen LogP contribution is 2.47. The first kappa shape index (κ1) is 20.1. The lowest BCUT2D eigenvalue weighted by molar-refractivity contribution is 0.285. The molecule has 162 valence electrons. The summed E-state index contributed by atoms with van der Waals surface area (Å²) in [5.74, 6) is 3.96. The third kappa shape index (κ3) is 4.16. The van der Waals surface area contributed by atoms with E-state index in [1.54, 1.807) is 26.4 Å². The number of hydrogen-bond acceptors (Lipinski definition) is 8. The van der Waals surface area contributed by atoms with Gasteiger partial charge in [0, 0.05) is 36.2 Å². The summed E-state index contributed by atoms with van der Waals surface area (Å²) >= 11 is 0. The van der Waals surface area contributed by atoms with Crippen LogP contribution < -0.4 is 9.47 Å². The lowest BCUT2D eigenvalue weighted by Gasteiger charge is -2.11. The van der Waals surface area contributed by atoms with Crippen LogP contribution in [0, 0.1) is 19.8 Å². The van der Waals surface area contributed by atoms with Gasteiger partial charge in [0.1, 0.15) is 11.6 Å². The maximum Gasteiger partial charge on any atom is 0.224 e. The molecule has 0 N–H and O–H groups in total. The quantitative estimate of drug-likeness (QED) is 0.427. The molecule has 2 atom stereocenters. The van der Waals surface area contributed by atoms with E-state index in [2.05, 4.69) is 25.1 Å². The van der Waals surface area contributed by atoms with Crippen molar-refractivity contribution >= 4 is 0 Å². The topological polar surface area (TPSA) is 96.1 Å². The molecule has 1 aliphatic carbocycles. The fraction of sp³-hybridized carbons (Fsp3) is 0.292. The molecule has 0 spiro atoms. The van der Waals surface area contributed by atoms with Gasteiger partial charge in [-0.05, 0) is 31.0 Å². The Kier molecular flexibility index (Phi) is 5.26. The molecule has 5 rings (SSSR count). The lowest BCUT2D eigenvalue weighted by Crippen LogP contribution is -2.05. The number of benzene rings is 1. The Bertz CT molecular complexity index is 1220. The van der Waals surface area contributed by atoms with E-state index in [0.717, 1.165) is 34.6 Å². The Morgan fingerprint density at radius 2 is 1.78 bits per heavy atom. The van der Waals surface area contributed by atoms with Gasteiger partial charge < -0.3 is 14.0 Å². The minimum atomic E-state index is 0.407. The molecule has 0 amide bonds. The van der Waals surface area contributed by atoms with E-state index in [0.29, 0.717) is 41.9 Å². The highest BCUT2D eigenvalue weighted by Gasteiger charge is 2.40. The molecule has 1 aliphatic rings. The first-order valence-electron chi connectivity index (χ1n) is 10.5. The van der Waals surface area contributed by atoms with Gasteiger partial charge in [0.15, 0.2) is 0 Å². The van der Waals surface area contributed by atoms with Crippen LogP contribution in [0.3, 0.4) is 0 Å². The van der Waals surface area contributed by atoms with Crippen molar-refractivity contribution in [2.24, 2.45) is 5.92 Å². The number of pyridine rings is 1. The summed E-state index contributed by atoms with van der Waals surface area (Å²) in [6.45, 7) is 4.22. The molecule has 0 radical (unpaired) electrons. The average Bonchev–Trinajstić information content (AvgIpc) is 3.48. The monoisotopic (exact) mass is 429 g/mol. The average molecular weight is 429 g/mol. The van der Waals surface area contributed by atoms with Gasteiger partial charge in [0.05, 0.1) is 25.5 Å². The van der Waals surface area contributed by atoms with Crippen LogP contribution in [0.4, 0.5) is 0 Å². The molecule has 32 heavy (non-hydrogen) atoms. The Hall–Kier alpha value is -3.81. The van der Waals surface area contributed by atoms with E-state index >= 15 is 0 Å². The fourth-order valence-electron chi connectivity index (χ4n) is 3.68. The van der Waals surface area contributed by atoms with Crippen LogP contribution in [-0.4, -0.2) is 38.8 Å². The minimum absolute atomic E-state index is 0.407. The van der Waals surface area contributed by atoms with E-state index < -0.39 is 0 Å². The first-order valence-corrected chi connectivity index (χ1v) is 10.5. The number of hydrogen-bond donors (Lipinski definition) is 0. The van der Waals surface area contributed by atoms with Gasteiger partial charge >= 0.3 is 0 Å². The van der Waals surface area contributed by atoms with E-state index in [1.165, 1.54) is 0 Å². The van der Waals surface area contributed by atoms with Crippen molar-refractivity contribution in [2.45, 2.75) is 26.2 Å². The molecule has 8 nitrogen and oxygen atoms in total. The molecule has 1 fully saturated rings. The molecule has 3 heterocycles. The summed E-state index contributed by atoms with van der Waals surface area (Å²) in [4.78, 5) is 17.7. The zero-order valence-corrected chi connectivity index (χ0v) is 18.1. The van der Waals surface area contributed by atoms with E-state index in [-0.39, 0.29) is 0 Å². The second-order valence-corrected chi connectivity index (χ2v) is 7.89. The van der Waals surface area contributed by atoms with Crippen LogP contribution in [0.25, 0.3) is 22.5 Å². The SMILES string of the molecule is COc1ccc([C@@H]2CC2COc2nc(C)ncc2-c2ccc(-c3noc(C)n3)cc2)nc1. The lowest BCUT2D eigenvalue weighted by atomic mass is 10.1. The van der Waals surface area contributed by atoms with Crippen molar-refractivity contribution in [2.75, 3.05) is 13.7 Å². The van der Waals surface area contributed by atoms with Crippen LogP contribution >= 0.6 is 0 Å². The fourth-order valence-corrected chi connectivity index (χ4v) is 3.68. The maximum absolute atomic E-state index is 6.17. The molecule has 0 aliphatic heterocycles. The van der Waals surface area contributed by atoms with E-state index in [9.17, 15) is 0 Å². The molecule has 1 saturated carbocycles. The number of rotatable bonds is 7. The summed E-state index contributed by atoms with van der Waals surface area (Å²) in [7, 11) is 1.64. The van der Waals surface area contributed by atoms with Gasteiger partial charge in [-0.15, -0.1) is 0 Å². The standard InChI is InChI=1S/C24H23N5O3/c1-14-25-12-21(16-4-6-17(7-5-16)23-28-15(2)32-29-23)24(27-14)31-13-18-10-20(18)22-9-8-19(30-3)11-26-22/h4-9,11-12,18,20H,10,13H2,1-3H3/t18?,20-/m1/s1. The summed E-state index contributed by atoms with van der Waals surface area (Å²) in [5.41, 5.74) is 3.78. The number of ether oxygens (including phenoxy) is 2. The van der Waals surface area contributed by atoms with Gasteiger partial charge in [-0.3, -0.25) is 4.98 Å². The van der Waals surface area contributed by atoms with Crippen LogP contribution in [0.5, 0.6) is 11.6 Å². The normalized spacial score (nSPS) is 17.2. The molecular formula is C24H23N5O3. The minimum Gasteiger partial charge on any atom is -0.495 e. The maximum atomic E-state index is 6.17. The molecule has 4 aromatic rings. The molecule has 0 saturated heterocycles. The van der Waals surface area contributed by atoms with Gasteiger partial charge in [-0.1, -0.05) is 29.4 Å². The van der Waals surface area contributed by atoms with Gasteiger partial charge in [-0.2, -0.15) is 9.97 Å². The second-order valence-electron chi connectivity index (χ2n) is 7.89. The van der Waals surface area contributed by atoms with Crippen LogP contribution in [0.15, 0.2) is 53.3 Å². The predicted octanol–water partition coefficient (Wildman–Crippen LogP) is 4.40. The molecule has 3 aromatic heterocycles. The van der Waals surface area contributed by atoms with Gasteiger partial charge in [0.2, 0.25) is 17.6 Å². The van der Waals surface area contributed by atoms with Gasteiger partial charge in [-0.25, -0.2) is 4.98 Å². The third-order valence-electron chi connectivity index (χ3n) is 5.59. The predicted molar refractivity (Wildman–Crippen MR) is 117 cm³/mol. The van der Waals surface area contributed by atoms with Crippen molar-refractivity contribution in [3.05, 3.63) is 66.2 Å². The number of methoxy groups -OCH3 is 1. The Balaban J connectivity index is 1.29. The van der Waals surface area contributed by atoms with Crippen molar-refractivity contribution in [3.8, 4) is 34.1 Å². The third-order valence-corrected chi connectivity index (χ3v) is 5.59. The van der Waals surface area contributed by atoms with E-state index in [1.807, 2.05) is 43.3 Å². The summed E-state index contributed by atoms with van der Waals surface area (Å²) in [5, 5.41) is 3.97. The molecule has 1 aromatic carbocycles. The number of nitrogens with zero attached hydrogens (tertiary/aromatic N) is 5. The van der Waals surface area contributed by atoms with Crippen LogP contribution in [0.1, 0.15) is 29.7 Å². The highest BCUT2D eigenvalue weighted by atomic mass is 16.5.